The Morgan fingerprint density at radius 3 is 2.34 bits per heavy atom. The minimum Gasteiger partial charge on any atom is -0.508 e. The number of benzene rings is 4. The summed E-state index contributed by atoms with van der Waals surface area (Å²) in [4.78, 5) is 71.3. The number of amides is 4. The molecule has 2 saturated heterocycles. The minimum absolute atomic E-state index is 0.0166. The van der Waals surface area contributed by atoms with E-state index in [0.29, 0.717) is 27.5 Å². The second-order valence-electron chi connectivity index (χ2n) is 13.7. The van der Waals surface area contributed by atoms with Crippen LogP contribution in [0.25, 0.3) is 0 Å². The van der Waals surface area contributed by atoms with Gasteiger partial charge in [0.1, 0.15) is 17.3 Å². The van der Waals surface area contributed by atoms with Crippen molar-refractivity contribution in [3.63, 3.8) is 0 Å². The van der Waals surface area contributed by atoms with Crippen LogP contribution < -0.4 is 15.1 Å². The SMILES string of the molecule is COc1ccc(C2C3=CCC4C(=O)N(c5cccc(C(=O)O)c5)C(=O)C4C3CC3C(=O)N(Nc4ccc(F)cc4)C(=O)C32c2ccc(Cl)cc2)c(O)c1. The highest BCUT2D eigenvalue weighted by Gasteiger charge is 2.70. The molecule has 13 heteroatoms. The fourth-order valence-electron chi connectivity index (χ4n) is 8.93. The molecule has 0 aromatic heterocycles. The Balaban J connectivity index is 1.32. The summed E-state index contributed by atoms with van der Waals surface area (Å²) in [6.07, 6.45) is 1.94. The number of carboxylic acids is 1. The summed E-state index contributed by atoms with van der Waals surface area (Å²) < 4.78 is 19.2. The molecule has 4 aliphatic rings. The third-order valence-corrected chi connectivity index (χ3v) is 11.4. The number of phenolic OH excluding ortho intramolecular Hbond substituents is 1. The fourth-order valence-corrected chi connectivity index (χ4v) is 9.05. The molecule has 4 aromatic rings. The Morgan fingerprint density at radius 2 is 1.66 bits per heavy atom. The molecule has 6 unspecified atom stereocenters. The third kappa shape index (κ3) is 5.11. The molecular formula is C40H31ClFN3O8. The maximum atomic E-state index is 15.2. The lowest BCUT2D eigenvalue weighted by atomic mass is 9.49. The summed E-state index contributed by atoms with van der Waals surface area (Å²) in [6, 6.07) is 22.0. The van der Waals surface area contributed by atoms with E-state index in [0.717, 1.165) is 9.91 Å². The number of nitrogens with zero attached hydrogens (tertiary/aromatic N) is 2. The van der Waals surface area contributed by atoms with Crippen molar-refractivity contribution in [2.75, 3.05) is 17.4 Å². The molecule has 1 saturated carbocycles. The van der Waals surface area contributed by atoms with Gasteiger partial charge in [-0.1, -0.05) is 47.5 Å². The number of carboxylic acid groups (broad SMARTS) is 1. The fraction of sp³-hybridized carbons (Fsp3) is 0.225. The normalized spacial score (nSPS) is 26.2. The van der Waals surface area contributed by atoms with E-state index in [2.05, 4.69) is 5.43 Å². The average molecular weight is 736 g/mol. The van der Waals surface area contributed by atoms with E-state index in [1.807, 2.05) is 6.08 Å². The van der Waals surface area contributed by atoms with E-state index in [1.54, 1.807) is 36.4 Å². The lowest BCUT2D eigenvalue weighted by Crippen LogP contribution is -2.53. The maximum absolute atomic E-state index is 15.2. The van der Waals surface area contributed by atoms with Crippen LogP contribution in [0.5, 0.6) is 11.5 Å². The number of fused-ring (bicyclic) bond motifs is 4. The number of nitrogens with one attached hydrogen (secondary N) is 1. The van der Waals surface area contributed by atoms with Crippen molar-refractivity contribution < 1.29 is 43.3 Å². The maximum Gasteiger partial charge on any atom is 0.335 e. The first-order valence-electron chi connectivity index (χ1n) is 16.9. The summed E-state index contributed by atoms with van der Waals surface area (Å²) in [5, 5.41) is 22.6. The van der Waals surface area contributed by atoms with E-state index < -0.39 is 70.4 Å². The molecule has 0 radical (unpaired) electrons. The van der Waals surface area contributed by atoms with E-state index in [4.69, 9.17) is 16.3 Å². The summed E-state index contributed by atoms with van der Waals surface area (Å²) in [7, 11) is 1.44. The van der Waals surface area contributed by atoms with E-state index in [-0.39, 0.29) is 35.5 Å². The van der Waals surface area contributed by atoms with Gasteiger partial charge in [-0.25, -0.2) is 9.18 Å². The summed E-state index contributed by atoms with van der Waals surface area (Å²) >= 11 is 6.33. The monoisotopic (exact) mass is 735 g/mol. The Labute approximate surface area is 307 Å². The molecule has 3 N–H and O–H groups in total. The molecule has 4 amide bonds. The zero-order chi connectivity index (χ0) is 37.3. The number of methoxy groups -OCH3 is 1. The highest BCUT2D eigenvalue weighted by Crippen LogP contribution is 2.65. The first-order valence-corrected chi connectivity index (χ1v) is 17.3. The van der Waals surface area contributed by atoms with Crippen LogP contribution in [0.15, 0.2) is 103 Å². The predicted octanol–water partition coefficient (Wildman–Crippen LogP) is 6.08. The number of rotatable bonds is 7. The standard InChI is InChI=1S/C40H31ClFN3O8/c1-53-26-13-14-28(32(46)18-26)34-27-15-16-29-33(37(49)44(35(29)47)25-4-2-3-20(17-25)38(50)51)30(27)19-31-36(48)45(43-24-11-9-23(42)10-12-24)39(52)40(31,34)21-5-7-22(41)8-6-21/h2-15,17-18,29-31,33-34,43,46H,16,19H2,1H3,(H,50,51). The molecule has 268 valence electrons. The van der Waals surface area contributed by atoms with E-state index in [1.165, 1.54) is 61.7 Å². The number of anilines is 2. The van der Waals surface area contributed by atoms with Gasteiger partial charge in [-0.05, 0) is 85.0 Å². The van der Waals surface area contributed by atoms with Crippen molar-refractivity contribution in [3.8, 4) is 11.5 Å². The van der Waals surface area contributed by atoms with Gasteiger partial charge in [0, 0.05) is 22.6 Å². The van der Waals surface area contributed by atoms with Gasteiger partial charge in [-0.15, -0.1) is 0 Å². The number of aromatic carboxylic acids is 1. The highest BCUT2D eigenvalue weighted by atomic mass is 35.5. The smallest absolute Gasteiger partial charge is 0.335 e. The van der Waals surface area contributed by atoms with Gasteiger partial charge in [-0.3, -0.25) is 29.5 Å². The van der Waals surface area contributed by atoms with Crippen LogP contribution in [-0.4, -0.2) is 51.9 Å². The number of hydrogen-bond acceptors (Lipinski definition) is 8. The average Bonchev–Trinajstić information content (AvgIpc) is 3.53. The molecular weight excluding hydrogens is 705 g/mol. The lowest BCUT2D eigenvalue weighted by molar-refractivity contribution is -0.138. The van der Waals surface area contributed by atoms with Crippen molar-refractivity contribution in [3.05, 3.63) is 130 Å². The van der Waals surface area contributed by atoms with Crippen LogP contribution in [0, 0.1) is 29.5 Å². The number of halogens is 2. The number of phenols is 1. The molecule has 2 aliphatic heterocycles. The first-order chi connectivity index (χ1) is 25.4. The zero-order valence-electron chi connectivity index (χ0n) is 28.0. The number of allylic oxidation sites excluding steroid dienone is 2. The van der Waals surface area contributed by atoms with Gasteiger partial charge >= 0.3 is 5.97 Å². The Kier molecular flexibility index (Phi) is 8.10. The molecule has 11 nitrogen and oxygen atoms in total. The molecule has 2 aliphatic carbocycles. The van der Waals surface area contributed by atoms with Crippen LogP contribution in [0.1, 0.15) is 40.2 Å². The van der Waals surface area contributed by atoms with Gasteiger partial charge in [0.15, 0.2) is 0 Å². The number of imide groups is 2. The molecule has 4 aromatic carbocycles. The molecule has 8 rings (SSSR count). The lowest BCUT2D eigenvalue weighted by Gasteiger charge is -2.50. The topological polar surface area (TPSA) is 154 Å². The first kappa shape index (κ1) is 34.1. The van der Waals surface area contributed by atoms with Gasteiger partial charge in [0.05, 0.1) is 47.2 Å². The number of hydrogen-bond donors (Lipinski definition) is 3. The Hall–Kier alpha value is -6.01. The molecule has 2 heterocycles. The van der Waals surface area contributed by atoms with E-state index >= 15 is 4.79 Å². The third-order valence-electron chi connectivity index (χ3n) is 11.2. The largest absolute Gasteiger partial charge is 0.508 e. The molecule has 0 bridgehead atoms. The molecule has 6 atom stereocenters. The Bertz CT molecular complexity index is 2260. The number of carbonyl (C=O) groups is 5. The molecule has 3 fully saturated rings. The number of aromatic hydroxyl groups is 1. The molecule has 0 spiro atoms. The summed E-state index contributed by atoms with van der Waals surface area (Å²) in [5.74, 6) is -8.55. The second kappa shape index (κ2) is 12.6. The van der Waals surface area contributed by atoms with Crippen molar-refractivity contribution in [1.82, 2.24) is 5.01 Å². The number of ether oxygens (including phenoxy) is 1. The predicted molar refractivity (Wildman–Crippen MR) is 190 cm³/mol. The zero-order valence-corrected chi connectivity index (χ0v) is 28.8. The molecule has 53 heavy (non-hydrogen) atoms. The minimum atomic E-state index is -1.68. The number of hydrazine groups is 1. The van der Waals surface area contributed by atoms with Crippen LogP contribution in [0.2, 0.25) is 5.02 Å². The van der Waals surface area contributed by atoms with Gasteiger partial charge < -0.3 is 14.9 Å². The highest BCUT2D eigenvalue weighted by molar-refractivity contribution is 6.30. The van der Waals surface area contributed by atoms with Crippen molar-refractivity contribution in [2.24, 2.45) is 23.7 Å². The Morgan fingerprint density at radius 1 is 0.925 bits per heavy atom. The van der Waals surface area contributed by atoms with Crippen LogP contribution in [-0.2, 0) is 24.6 Å². The quantitative estimate of drug-likeness (QED) is 0.151. The van der Waals surface area contributed by atoms with Gasteiger partial charge in [-0.2, -0.15) is 5.01 Å². The summed E-state index contributed by atoms with van der Waals surface area (Å²) in [6.45, 7) is 0. The van der Waals surface area contributed by atoms with Crippen LogP contribution in [0.3, 0.4) is 0 Å². The summed E-state index contributed by atoms with van der Waals surface area (Å²) in [5.41, 5.74) is 2.84. The van der Waals surface area contributed by atoms with Crippen molar-refractivity contribution >= 4 is 52.6 Å². The second-order valence-corrected chi connectivity index (χ2v) is 14.1. The van der Waals surface area contributed by atoms with Crippen molar-refractivity contribution in [2.45, 2.75) is 24.2 Å². The van der Waals surface area contributed by atoms with Crippen molar-refractivity contribution in [1.29, 1.82) is 0 Å². The van der Waals surface area contributed by atoms with Gasteiger partial charge in [0.25, 0.3) is 11.8 Å². The van der Waals surface area contributed by atoms with E-state index in [9.17, 15) is 33.8 Å². The van der Waals surface area contributed by atoms with Gasteiger partial charge in [0.2, 0.25) is 11.8 Å². The van der Waals surface area contributed by atoms with Crippen LogP contribution in [0.4, 0.5) is 15.8 Å². The van der Waals surface area contributed by atoms with Crippen LogP contribution >= 0.6 is 11.6 Å². The number of carbonyl (C=O) groups excluding carboxylic acids is 4.